The summed E-state index contributed by atoms with van der Waals surface area (Å²) in [4.78, 5) is 11.8. The van der Waals surface area contributed by atoms with E-state index in [1.807, 2.05) is 6.92 Å². The molecule has 1 fully saturated rings. The number of benzene rings is 1. The zero-order valence-corrected chi connectivity index (χ0v) is 15.5. The van der Waals surface area contributed by atoms with Crippen molar-refractivity contribution in [2.24, 2.45) is 0 Å². The number of rotatable bonds is 6. The normalized spacial score (nSPS) is 16.3. The number of piperidine rings is 1. The molecular weight excluding hydrogens is 352 g/mol. The number of ether oxygens (including phenoxy) is 1. The van der Waals surface area contributed by atoms with Crippen LogP contribution < -0.4 is 5.32 Å². The second-order valence-electron chi connectivity index (χ2n) is 5.76. The molecule has 1 heterocycles. The predicted molar refractivity (Wildman–Crippen MR) is 92.9 cm³/mol. The van der Waals surface area contributed by atoms with Crippen LogP contribution in [-0.2, 0) is 14.8 Å². The standard InChI is InChI=1S/C16H23ClN2O4S/c1-3-8-19(14-4-6-18-7-5-14)24(21,22)15-10-12(16(20)23-2)9-13(17)11-15/h9-11,14,18H,3-8H2,1-2H3. The van der Waals surface area contributed by atoms with Crippen molar-refractivity contribution < 1.29 is 17.9 Å². The highest BCUT2D eigenvalue weighted by Gasteiger charge is 2.32. The highest BCUT2D eigenvalue weighted by atomic mass is 35.5. The van der Waals surface area contributed by atoms with Gasteiger partial charge in [0.05, 0.1) is 17.6 Å². The van der Waals surface area contributed by atoms with Crippen molar-refractivity contribution in [3.63, 3.8) is 0 Å². The van der Waals surface area contributed by atoms with Crippen LogP contribution in [0.25, 0.3) is 0 Å². The van der Waals surface area contributed by atoms with Crippen LogP contribution in [0.1, 0.15) is 36.5 Å². The first-order valence-electron chi connectivity index (χ1n) is 8.01. The lowest BCUT2D eigenvalue weighted by Crippen LogP contribution is -2.46. The molecule has 134 valence electrons. The van der Waals surface area contributed by atoms with E-state index in [9.17, 15) is 13.2 Å². The Morgan fingerprint density at radius 2 is 2.00 bits per heavy atom. The van der Waals surface area contributed by atoms with Crippen LogP contribution in [0, 0.1) is 0 Å². The topological polar surface area (TPSA) is 75.7 Å². The fourth-order valence-electron chi connectivity index (χ4n) is 2.90. The number of esters is 1. The maximum Gasteiger partial charge on any atom is 0.337 e. The number of sulfonamides is 1. The summed E-state index contributed by atoms with van der Waals surface area (Å²) in [7, 11) is -2.49. The summed E-state index contributed by atoms with van der Waals surface area (Å²) in [5.74, 6) is -0.613. The highest BCUT2D eigenvalue weighted by Crippen LogP contribution is 2.26. The molecule has 0 aliphatic carbocycles. The third kappa shape index (κ3) is 4.27. The first kappa shape index (κ1) is 19.2. The van der Waals surface area contributed by atoms with Gasteiger partial charge in [-0.15, -0.1) is 0 Å². The molecule has 0 bridgehead atoms. The number of hydrogen-bond donors (Lipinski definition) is 1. The molecular formula is C16H23ClN2O4S. The Morgan fingerprint density at radius 1 is 1.33 bits per heavy atom. The Kier molecular flexibility index (Phi) is 6.62. The molecule has 1 aliphatic heterocycles. The van der Waals surface area contributed by atoms with Gasteiger partial charge in [0, 0.05) is 17.6 Å². The Bertz CT molecular complexity index is 687. The summed E-state index contributed by atoms with van der Waals surface area (Å²) in [5, 5.41) is 3.43. The van der Waals surface area contributed by atoms with Gasteiger partial charge in [0.1, 0.15) is 0 Å². The third-order valence-electron chi connectivity index (χ3n) is 4.06. The van der Waals surface area contributed by atoms with Gasteiger partial charge in [-0.2, -0.15) is 4.31 Å². The molecule has 1 aromatic carbocycles. The molecule has 0 unspecified atom stereocenters. The summed E-state index contributed by atoms with van der Waals surface area (Å²) in [5.41, 5.74) is 0.130. The first-order valence-corrected chi connectivity index (χ1v) is 9.83. The van der Waals surface area contributed by atoms with Crippen LogP contribution >= 0.6 is 11.6 Å². The van der Waals surface area contributed by atoms with Crippen LogP contribution in [0.5, 0.6) is 0 Å². The van der Waals surface area contributed by atoms with Gasteiger partial charge in [-0.05, 0) is 50.6 Å². The molecule has 1 saturated heterocycles. The van der Waals surface area contributed by atoms with Crippen LogP contribution in [0.15, 0.2) is 23.1 Å². The van der Waals surface area contributed by atoms with Crippen molar-refractivity contribution in [2.45, 2.75) is 37.1 Å². The summed E-state index contributed by atoms with van der Waals surface area (Å²) >= 11 is 6.02. The monoisotopic (exact) mass is 374 g/mol. The van der Waals surface area contributed by atoms with E-state index in [4.69, 9.17) is 11.6 Å². The lowest BCUT2D eigenvalue weighted by molar-refractivity contribution is 0.0600. The SMILES string of the molecule is CCCN(C1CCNCC1)S(=O)(=O)c1cc(Cl)cc(C(=O)OC)c1. The molecule has 0 atom stereocenters. The van der Waals surface area contributed by atoms with Crippen molar-refractivity contribution >= 4 is 27.6 Å². The second kappa shape index (κ2) is 8.29. The van der Waals surface area contributed by atoms with E-state index in [0.717, 1.165) is 25.9 Å². The molecule has 0 amide bonds. The van der Waals surface area contributed by atoms with E-state index in [1.165, 1.54) is 25.3 Å². The average Bonchev–Trinajstić information content (AvgIpc) is 2.59. The molecule has 1 aromatic rings. The smallest absolute Gasteiger partial charge is 0.337 e. The zero-order valence-electron chi connectivity index (χ0n) is 13.9. The Balaban J connectivity index is 2.42. The number of methoxy groups -OCH3 is 1. The third-order valence-corrected chi connectivity index (χ3v) is 6.21. The van der Waals surface area contributed by atoms with Gasteiger partial charge in [-0.3, -0.25) is 0 Å². The van der Waals surface area contributed by atoms with Crippen molar-refractivity contribution in [1.29, 1.82) is 0 Å². The molecule has 1 N–H and O–H groups in total. The molecule has 2 rings (SSSR count). The molecule has 0 radical (unpaired) electrons. The zero-order chi connectivity index (χ0) is 17.7. The predicted octanol–water partition coefficient (Wildman–Crippen LogP) is 2.28. The van der Waals surface area contributed by atoms with Crippen LogP contribution in [0.2, 0.25) is 5.02 Å². The maximum atomic E-state index is 13.1. The van der Waals surface area contributed by atoms with Gasteiger partial charge < -0.3 is 10.1 Å². The van der Waals surface area contributed by atoms with E-state index in [0.29, 0.717) is 13.0 Å². The quantitative estimate of drug-likeness (QED) is 0.773. The van der Waals surface area contributed by atoms with Gasteiger partial charge in [-0.25, -0.2) is 13.2 Å². The maximum absolute atomic E-state index is 13.1. The van der Waals surface area contributed by atoms with E-state index >= 15 is 0 Å². The summed E-state index contributed by atoms with van der Waals surface area (Å²) in [6.45, 7) is 3.97. The lowest BCUT2D eigenvalue weighted by atomic mass is 10.1. The van der Waals surface area contributed by atoms with Gasteiger partial charge in [0.2, 0.25) is 10.0 Å². The fourth-order valence-corrected chi connectivity index (χ4v) is 5.05. The van der Waals surface area contributed by atoms with Gasteiger partial charge in [-0.1, -0.05) is 18.5 Å². The minimum absolute atomic E-state index is 0.0300. The van der Waals surface area contributed by atoms with E-state index in [1.54, 1.807) is 4.31 Å². The number of halogens is 1. The van der Waals surface area contributed by atoms with E-state index in [-0.39, 0.29) is 21.5 Å². The van der Waals surface area contributed by atoms with Crippen molar-refractivity contribution in [1.82, 2.24) is 9.62 Å². The number of nitrogens with zero attached hydrogens (tertiary/aromatic N) is 1. The van der Waals surface area contributed by atoms with Crippen molar-refractivity contribution in [3.05, 3.63) is 28.8 Å². The molecule has 8 heteroatoms. The molecule has 0 aromatic heterocycles. The summed E-state index contributed by atoms with van der Waals surface area (Å²) in [6.07, 6.45) is 2.25. The van der Waals surface area contributed by atoms with Crippen LogP contribution in [0.4, 0.5) is 0 Å². The minimum Gasteiger partial charge on any atom is -0.465 e. The Hall–Kier alpha value is -1.15. The van der Waals surface area contributed by atoms with E-state index < -0.39 is 16.0 Å². The first-order chi connectivity index (χ1) is 11.4. The number of nitrogens with one attached hydrogen (secondary N) is 1. The number of hydrogen-bond acceptors (Lipinski definition) is 5. The molecule has 0 spiro atoms. The van der Waals surface area contributed by atoms with Gasteiger partial charge >= 0.3 is 5.97 Å². The largest absolute Gasteiger partial charge is 0.465 e. The average molecular weight is 375 g/mol. The Labute approximate surface area is 148 Å². The van der Waals surface area contributed by atoms with Gasteiger partial charge in [0.25, 0.3) is 0 Å². The minimum atomic E-state index is -3.74. The summed E-state index contributed by atoms with van der Waals surface area (Å²) in [6, 6.07) is 4.07. The highest BCUT2D eigenvalue weighted by molar-refractivity contribution is 7.89. The number of carbonyl (C=O) groups is 1. The Morgan fingerprint density at radius 3 is 2.58 bits per heavy atom. The van der Waals surface area contributed by atoms with Crippen molar-refractivity contribution in [3.8, 4) is 0 Å². The van der Waals surface area contributed by atoms with Crippen molar-refractivity contribution in [2.75, 3.05) is 26.7 Å². The molecule has 24 heavy (non-hydrogen) atoms. The van der Waals surface area contributed by atoms with Crippen LogP contribution in [-0.4, -0.2) is 51.5 Å². The molecule has 1 aliphatic rings. The van der Waals surface area contributed by atoms with E-state index in [2.05, 4.69) is 10.1 Å². The second-order valence-corrected chi connectivity index (χ2v) is 8.09. The molecule has 6 nitrogen and oxygen atoms in total. The van der Waals surface area contributed by atoms with Crippen LogP contribution in [0.3, 0.4) is 0 Å². The van der Waals surface area contributed by atoms with Gasteiger partial charge in [0.15, 0.2) is 0 Å². The number of carbonyl (C=O) groups excluding carboxylic acids is 1. The summed E-state index contributed by atoms with van der Waals surface area (Å²) < 4.78 is 32.5. The fraction of sp³-hybridized carbons (Fsp3) is 0.562. The lowest BCUT2D eigenvalue weighted by Gasteiger charge is -2.33. The molecule has 0 saturated carbocycles.